The zero-order valence-electron chi connectivity index (χ0n) is 3.76. The SMILES string of the molecule is C.Ic1ccccc1. The summed E-state index contributed by atoms with van der Waals surface area (Å²) in [6.45, 7) is 0. The summed E-state index contributed by atoms with van der Waals surface area (Å²) in [7, 11) is 0. The molecule has 1 rings (SSSR count). The van der Waals surface area contributed by atoms with Gasteiger partial charge in [0.1, 0.15) is 0 Å². The van der Waals surface area contributed by atoms with Gasteiger partial charge in [-0.05, 0) is 34.7 Å². The van der Waals surface area contributed by atoms with Crippen LogP contribution < -0.4 is 0 Å². The summed E-state index contributed by atoms with van der Waals surface area (Å²) in [6, 6.07) is 10.2. The molecule has 0 saturated heterocycles. The van der Waals surface area contributed by atoms with Crippen LogP contribution >= 0.6 is 22.6 Å². The van der Waals surface area contributed by atoms with E-state index in [9.17, 15) is 0 Å². The van der Waals surface area contributed by atoms with Crippen molar-refractivity contribution in [2.24, 2.45) is 0 Å². The van der Waals surface area contributed by atoms with Gasteiger partial charge in [-0.25, -0.2) is 0 Å². The third-order valence-electron chi connectivity index (χ3n) is 0.733. The molecular weight excluding hydrogens is 211 g/mol. The van der Waals surface area contributed by atoms with E-state index < -0.39 is 0 Å². The highest BCUT2D eigenvalue weighted by molar-refractivity contribution is 14.1. The fourth-order valence-corrected chi connectivity index (χ4v) is 0.830. The summed E-state index contributed by atoms with van der Waals surface area (Å²) in [6.07, 6.45) is 0. The Hall–Kier alpha value is -0.0500. The molecule has 0 aliphatic carbocycles. The Morgan fingerprint density at radius 3 is 1.75 bits per heavy atom. The fourth-order valence-electron chi connectivity index (χ4n) is 0.415. The monoisotopic (exact) mass is 220 g/mol. The second-order valence-corrected chi connectivity index (χ2v) is 2.54. The third kappa shape index (κ3) is 2.31. The highest BCUT2D eigenvalue weighted by Crippen LogP contribution is 1.99. The summed E-state index contributed by atoms with van der Waals surface area (Å²) < 4.78 is 1.29. The minimum Gasteiger partial charge on any atom is -0.0776 e. The van der Waals surface area contributed by atoms with E-state index in [1.807, 2.05) is 18.2 Å². The first-order valence-corrected chi connectivity index (χ1v) is 3.18. The van der Waals surface area contributed by atoms with E-state index >= 15 is 0 Å². The Morgan fingerprint density at radius 1 is 1.00 bits per heavy atom. The lowest BCUT2D eigenvalue weighted by Gasteiger charge is -1.80. The maximum Gasteiger partial charge on any atom is 0.0130 e. The molecule has 8 heavy (non-hydrogen) atoms. The van der Waals surface area contributed by atoms with Gasteiger partial charge in [0.05, 0.1) is 0 Å². The van der Waals surface area contributed by atoms with Gasteiger partial charge in [-0.3, -0.25) is 0 Å². The highest BCUT2D eigenvalue weighted by atomic mass is 127. The van der Waals surface area contributed by atoms with Gasteiger partial charge in [0.15, 0.2) is 0 Å². The molecule has 0 nitrogen and oxygen atoms in total. The third-order valence-corrected chi connectivity index (χ3v) is 1.45. The van der Waals surface area contributed by atoms with Gasteiger partial charge >= 0.3 is 0 Å². The summed E-state index contributed by atoms with van der Waals surface area (Å²) in [4.78, 5) is 0. The molecule has 0 heterocycles. The van der Waals surface area contributed by atoms with E-state index in [4.69, 9.17) is 0 Å². The number of halogens is 1. The smallest absolute Gasteiger partial charge is 0.0130 e. The lowest BCUT2D eigenvalue weighted by molar-refractivity contribution is 1.65. The quantitative estimate of drug-likeness (QED) is 0.589. The maximum absolute atomic E-state index is 2.28. The maximum atomic E-state index is 2.28. The van der Waals surface area contributed by atoms with Gasteiger partial charge in [-0.15, -0.1) is 0 Å². The molecule has 0 aromatic heterocycles. The summed E-state index contributed by atoms with van der Waals surface area (Å²) in [5, 5.41) is 0. The van der Waals surface area contributed by atoms with Crippen molar-refractivity contribution >= 4 is 22.6 Å². The molecule has 0 saturated carbocycles. The van der Waals surface area contributed by atoms with Gasteiger partial charge in [-0.1, -0.05) is 25.6 Å². The van der Waals surface area contributed by atoms with Gasteiger partial charge in [0, 0.05) is 3.57 Å². The molecule has 0 bridgehead atoms. The molecule has 1 heteroatoms. The number of hydrogen-bond donors (Lipinski definition) is 0. The van der Waals surface area contributed by atoms with Crippen LogP contribution in [0.1, 0.15) is 7.43 Å². The van der Waals surface area contributed by atoms with Gasteiger partial charge in [-0.2, -0.15) is 0 Å². The first-order chi connectivity index (χ1) is 3.39. The van der Waals surface area contributed by atoms with Crippen molar-refractivity contribution < 1.29 is 0 Å². The van der Waals surface area contributed by atoms with Gasteiger partial charge < -0.3 is 0 Å². The second kappa shape index (κ2) is 3.89. The number of benzene rings is 1. The van der Waals surface area contributed by atoms with E-state index in [0.717, 1.165) is 0 Å². The van der Waals surface area contributed by atoms with Crippen LogP contribution in [-0.2, 0) is 0 Å². The van der Waals surface area contributed by atoms with E-state index in [1.54, 1.807) is 0 Å². The van der Waals surface area contributed by atoms with Crippen molar-refractivity contribution in [1.29, 1.82) is 0 Å². The molecule has 1 aromatic rings. The average Bonchev–Trinajstić information content (AvgIpc) is 1.69. The molecule has 0 aliphatic heterocycles. The van der Waals surface area contributed by atoms with E-state index in [1.165, 1.54) is 3.57 Å². The first-order valence-electron chi connectivity index (χ1n) is 2.10. The fraction of sp³-hybridized carbons (Fsp3) is 0.143. The van der Waals surface area contributed by atoms with Crippen LogP contribution in [0, 0.1) is 3.57 Å². The Kier molecular flexibility index (Phi) is 3.87. The van der Waals surface area contributed by atoms with E-state index in [2.05, 4.69) is 34.7 Å². The minimum absolute atomic E-state index is 0. The van der Waals surface area contributed by atoms with Crippen LogP contribution in [0.25, 0.3) is 0 Å². The van der Waals surface area contributed by atoms with Crippen molar-refractivity contribution in [2.45, 2.75) is 7.43 Å². The van der Waals surface area contributed by atoms with Gasteiger partial charge in [0.25, 0.3) is 0 Å². The van der Waals surface area contributed by atoms with Crippen LogP contribution in [0.2, 0.25) is 0 Å². The Balaban J connectivity index is 0.000000490. The van der Waals surface area contributed by atoms with E-state index in [-0.39, 0.29) is 7.43 Å². The molecule has 1 aromatic carbocycles. The molecule has 0 unspecified atom stereocenters. The van der Waals surface area contributed by atoms with Crippen LogP contribution in [0.5, 0.6) is 0 Å². The van der Waals surface area contributed by atoms with Gasteiger partial charge in [0.2, 0.25) is 0 Å². The molecule has 0 N–H and O–H groups in total. The number of hydrogen-bond acceptors (Lipinski definition) is 0. The molecule has 0 spiro atoms. The predicted octanol–water partition coefficient (Wildman–Crippen LogP) is 2.93. The standard InChI is InChI=1S/C6H5I.CH4/c7-6-4-2-1-3-5-6;/h1-5H;1H4. The highest BCUT2D eigenvalue weighted by Gasteiger charge is 1.74. The summed E-state index contributed by atoms with van der Waals surface area (Å²) in [5.74, 6) is 0. The summed E-state index contributed by atoms with van der Waals surface area (Å²) >= 11 is 2.28. The lowest BCUT2D eigenvalue weighted by atomic mass is 10.4. The average molecular weight is 220 g/mol. The summed E-state index contributed by atoms with van der Waals surface area (Å²) in [5.41, 5.74) is 0. The largest absolute Gasteiger partial charge is 0.0776 e. The molecular formula is C7H9I. The topological polar surface area (TPSA) is 0 Å². The number of rotatable bonds is 0. The van der Waals surface area contributed by atoms with Crippen molar-refractivity contribution in [3.63, 3.8) is 0 Å². The normalized spacial score (nSPS) is 7.62. The second-order valence-electron chi connectivity index (χ2n) is 1.30. The molecule has 0 radical (unpaired) electrons. The molecule has 0 atom stereocenters. The van der Waals surface area contributed by atoms with Crippen LogP contribution in [-0.4, -0.2) is 0 Å². The van der Waals surface area contributed by atoms with Crippen molar-refractivity contribution in [3.05, 3.63) is 33.9 Å². The van der Waals surface area contributed by atoms with Crippen molar-refractivity contribution in [1.82, 2.24) is 0 Å². The van der Waals surface area contributed by atoms with Crippen LogP contribution in [0.15, 0.2) is 30.3 Å². The molecule has 44 valence electrons. The Labute approximate surface area is 64.1 Å². The van der Waals surface area contributed by atoms with Crippen LogP contribution in [0.4, 0.5) is 0 Å². The predicted molar refractivity (Wildman–Crippen MR) is 45.9 cm³/mol. The van der Waals surface area contributed by atoms with Crippen molar-refractivity contribution in [2.75, 3.05) is 0 Å². The van der Waals surface area contributed by atoms with Crippen LogP contribution in [0.3, 0.4) is 0 Å². The molecule has 0 fully saturated rings. The Morgan fingerprint density at radius 2 is 1.50 bits per heavy atom. The molecule has 0 amide bonds. The zero-order valence-corrected chi connectivity index (χ0v) is 5.92. The minimum atomic E-state index is 0. The first kappa shape index (κ1) is 7.95. The Bertz CT molecular complexity index is 134. The molecule has 0 aliphatic rings. The van der Waals surface area contributed by atoms with Crippen molar-refractivity contribution in [3.8, 4) is 0 Å². The lowest BCUT2D eigenvalue weighted by Crippen LogP contribution is -1.61. The van der Waals surface area contributed by atoms with E-state index in [0.29, 0.717) is 0 Å². The zero-order chi connectivity index (χ0) is 5.11.